The summed E-state index contributed by atoms with van der Waals surface area (Å²) in [5.41, 5.74) is 0. The topological polar surface area (TPSA) is 103 Å². The molecule has 2 heterocycles. The van der Waals surface area contributed by atoms with Gasteiger partial charge in [-0.2, -0.15) is 0 Å². The van der Waals surface area contributed by atoms with Gasteiger partial charge in [0.1, 0.15) is 36.3 Å². The summed E-state index contributed by atoms with van der Waals surface area (Å²) in [5.74, 6) is 0.344. The molecule has 2 rings (SSSR count). The highest BCUT2D eigenvalue weighted by Crippen LogP contribution is 2.32. The third-order valence-corrected chi connectivity index (χ3v) is 2.72. The third-order valence-electron chi connectivity index (χ3n) is 2.72. The van der Waals surface area contributed by atoms with Crippen LogP contribution in [0.2, 0.25) is 0 Å². The van der Waals surface area contributed by atoms with Gasteiger partial charge in [-0.1, -0.05) is 0 Å². The molecule has 0 aliphatic carbocycles. The first-order chi connectivity index (χ1) is 7.65. The van der Waals surface area contributed by atoms with Crippen LogP contribution >= 0.6 is 0 Å². The highest BCUT2D eigenvalue weighted by atomic mass is 16.6. The summed E-state index contributed by atoms with van der Waals surface area (Å²) in [4.78, 5) is 0. The SMILES string of the molecule is OCC1OC(c2ccco2)C(O)C(O)C1O. The molecular weight excluding hydrogens is 216 g/mol. The lowest BCUT2D eigenvalue weighted by Gasteiger charge is -2.39. The zero-order chi connectivity index (χ0) is 11.7. The van der Waals surface area contributed by atoms with Crippen molar-refractivity contribution >= 4 is 0 Å². The molecule has 0 amide bonds. The van der Waals surface area contributed by atoms with Crippen LogP contribution in [0, 0.1) is 0 Å². The van der Waals surface area contributed by atoms with E-state index in [1.54, 1.807) is 12.1 Å². The molecule has 6 nitrogen and oxygen atoms in total. The minimum atomic E-state index is -1.37. The van der Waals surface area contributed by atoms with Crippen LogP contribution in [0.1, 0.15) is 11.9 Å². The summed E-state index contributed by atoms with van der Waals surface area (Å²) in [6.45, 7) is -0.442. The number of aliphatic hydroxyl groups is 4. The molecule has 1 fully saturated rings. The second-order valence-electron chi connectivity index (χ2n) is 3.76. The fourth-order valence-electron chi connectivity index (χ4n) is 1.79. The monoisotopic (exact) mass is 230 g/mol. The Morgan fingerprint density at radius 2 is 1.88 bits per heavy atom. The number of ether oxygens (including phenoxy) is 1. The van der Waals surface area contributed by atoms with Gasteiger partial charge >= 0.3 is 0 Å². The molecule has 90 valence electrons. The van der Waals surface area contributed by atoms with Crippen molar-refractivity contribution in [1.82, 2.24) is 0 Å². The molecule has 5 atom stereocenters. The summed E-state index contributed by atoms with van der Waals surface area (Å²) in [6.07, 6.45) is -4.38. The van der Waals surface area contributed by atoms with Crippen molar-refractivity contribution < 1.29 is 29.6 Å². The highest BCUT2D eigenvalue weighted by Gasteiger charge is 2.44. The smallest absolute Gasteiger partial charge is 0.144 e. The average Bonchev–Trinajstić information content (AvgIpc) is 2.80. The van der Waals surface area contributed by atoms with E-state index in [1.807, 2.05) is 0 Å². The van der Waals surface area contributed by atoms with Gasteiger partial charge in [-0.15, -0.1) is 0 Å². The van der Waals surface area contributed by atoms with Crippen molar-refractivity contribution in [1.29, 1.82) is 0 Å². The molecule has 4 N–H and O–H groups in total. The number of hydrogen-bond acceptors (Lipinski definition) is 6. The minimum Gasteiger partial charge on any atom is -0.466 e. The Hall–Kier alpha value is -0.920. The van der Waals surface area contributed by atoms with E-state index >= 15 is 0 Å². The van der Waals surface area contributed by atoms with Crippen LogP contribution in [0.5, 0.6) is 0 Å². The molecule has 16 heavy (non-hydrogen) atoms. The van der Waals surface area contributed by atoms with Crippen molar-refractivity contribution in [3.05, 3.63) is 24.2 Å². The van der Waals surface area contributed by atoms with E-state index in [2.05, 4.69) is 0 Å². The lowest BCUT2D eigenvalue weighted by atomic mass is 9.94. The number of hydrogen-bond donors (Lipinski definition) is 4. The predicted octanol–water partition coefficient (Wildman–Crippen LogP) is -1.21. The highest BCUT2D eigenvalue weighted by molar-refractivity contribution is 5.08. The van der Waals surface area contributed by atoms with Crippen molar-refractivity contribution in [2.24, 2.45) is 0 Å². The standard InChI is InChI=1S/C10H14O6/c11-4-6-7(12)8(13)9(14)10(16-6)5-2-1-3-15-5/h1-3,6-14H,4H2. The van der Waals surface area contributed by atoms with E-state index in [0.29, 0.717) is 5.76 Å². The van der Waals surface area contributed by atoms with Crippen LogP contribution < -0.4 is 0 Å². The van der Waals surface area contributed by atoms with Gasteiger partial charge in [-0.05, 0) is 12.1 Å². The van der Waals surface area contributed by atoms with Crippen molar-refractivity contribution in [2.75, 3.05) is 6.61 Å². The van der Waals surface area contributed by atoms with Crippen molar-refractivity contribution in [2.45, 2.75) is 30.5 Å². The molecule has 6 heteroatoms. The molecule has 1 aliphatic heterocycles. The summed E-state index contributed by atoms with van der Waals surface area (Å²) in [6, 6.07) is 3.21. The second kappa shape index (κ2) is 4.52. The van der Waals surface area contributed by atoms with Gasteiger partial charge in [-0.3, -0.25) is 0 Å². The molecule has 0 bridgehead atoms. The van der Waals surface area contributed by atoms with Crippen LogP contribution in [0.4, 0.5) is 0 Å². The van der Waals surface area contributed by atoms with Crippen molar-refractivity contribution in [3.8, 4) is 0 Å². The van der Waals surface area contributed by atoms with Crippen LogP contribution in [0.3, 0.4) is 0 Å². The summed E-state index contributed by atoms with van der Waals surface area (Å²) >= 11 is 0. The zero-order valence-corrected chi connectivity index (χ0v) is 8.43. The molecule has 1 aromatic rings. The average molecular weight is 230 g/mol. The maximum absolute atomic E-state index is 9.72. The first kappa shape index (κ1) is 11.6. The normalized spacial score (nSPS) is 39.9. The van der Waals surface area contributed by atoms with Gasteiger partial charge in [0.25, 0.3) is 0 Å². The first-order valence-corrected chi connectivity index (χ1v) is 4.99. The van der Waals surface area contributed by atoms with Gasteiger partial charge in [0.05, 0.1) is 12.9 Å². The van der Waals surface area contributed by atoms with Gasteiger partial charge in [-0.25, -0.2) is 0 Å². The lowest BCUT2D eigenvalue weighted by Crippen LogP contribution is -2.55. The molecule has 5 unspecified atom stereocenters. The lowest BCUT2D eigenvalue weighted by molar-refractivity contribution is -0.235. The fourth-order valence-corrected chi connectivity index (χ4v) is 1.79. The third kappa shape index (κ3) is 1.85. The molecule has 0 spiro atoms. The quantitative estimate of drug-likeness (QED) is 0.508. The summed E-state index contributed by atoms with van der Waals surface area (Å²) < 4.78 is 10.3. The van der Waals surface area contributed by atoms with E-state index in [9.17, 15) is 15.3 Å². The Kier molecular flexibility index (Phi) is 3.27. The van der Waals surface area contributed by atoms with Crippen molar-refractivity contribution in [3.63, 3.8) is 0 Å². The van der Waals surface area contributed by atoms with E-state index in [1.165, 1.54) is 6.26 Å². The first-order valence-electron chi connectivity index (χ1n) is 4.99. The number of rotatable bonds is 2. The van der Waals surface area contributed by atoms with Gasteiger partial charge in [0.2, 0.25) is 0 Å². The zero-order valence-electron chi connectivity index (χ0n) is 8.43. The number of aliphatic hydroxyl groups excluding tert-OH is 4. The number of furan rings is 1. The van der Waals surface area contributed by atoms with Gasteiger partial charge < -0.3 is 29.6 Å². The maximum Gasteiger partial charge on any atom is 0.144 e. The summed E-state index contributed by atoms with van der Waals surface area (Å²) in [5, 5.41) is 37.8. The Labute approximate surface area is 91.7 Å². The molecule has 0 saturated carbocycles. The van der Waals surface area contributed by atoms with Gasteiger partial charge in [0, 0.05) is 0 Å². The second-order valence-corrected chi connectivity index (χ2v) is 3.76. The Morgan fingerprint density at radius 3 is 2.44 bits per heavy atom. The molecule has 1 aromatic heterocycles. The van der Waals surface area contributed by atoms with E-state index in [-0.39, 0.29) is 0 Å². The molecule has 1 aliphatic rings. The van der Waals surface area contributed by atoms with Gasteiger partial charge in [0.15, 0.2) is 0 Å². The Morgan fingerprint density at radius 1 is 1.12 bits per heavy atom. The van der Waals surface area contributed by atoms with Crippen LogP contribution in [0.25, 0.3) is 0 Å². The largest absolute Gasteiger partial charge is 0.466 e. The van der Waals surface area contributed by atoms with Crippen LogP contribution in [-0.2, 0) is 4.74 Å². The fraction of sp³-hybridized carbons (Fsp3) is 0.600. The van der Waals surface area contributed by atoms with Crippen LogP contribution in [-0.4, -0.2) is 51.4 Å². The Bertz CT molecular complexity index is 322. The maximum atomic E-state index is 9.72. The molecule has 1 saturated heterocycles. The summed E-state index contributed by atoms with van der Waals surface area (Å²) in [7, 11) is 0. The molecular formula is C10H14O6. The van der Waals surface area contributed by atoms with Crippen LogP contribution in [0.15, 0.2) is 22.8 Å². The molecule has 0 aromatic carbocycles. The minimum absolute atomic E-state index is 0.344. The Balaban J connectivity index is 2.20. The predicted molar refractivity (Wildman–Crippen MR) is 51.4 cm³/mol. The van der Waals surface area contributed by atoms with E-state index in [4.69, 9.17) is 14.3 Å². The van der Waals surface area contributed by atoms with E-state index < -0.39 is 37.1 Å². The van der Waals surface area contributed by atoms with E-state index in [0.717, 1.165) is 0 Å². The molecule has 0 radical (unpaired) electrons.